The number of thiophene rings is 1. The molecular weight excluding hydrogens is 523 g/mol. The van der Waals surface area contributed by atoms with Crippen molar-refractivity contribution in [1.82, 2.24) is 0 Å². The summed E-state index contributed by atoms with van der Waals surface area (Å²) in [4.78, 5) is 2.86. The summed E-state index contributed by atoms with van der Waals surface area (Å²) < 4.78 is 5.24. The van der Waals surface area contributed by atoms with Crippen molar-refractivity contribution in [3.05, 3.63) is 77.5 Å². The molecular formula is C37H38NS2+. The molecule has 0 unspecified atom stereocenters. The van der Waals surface area contributed by atoms with Gasteiger partial charge in [0.25, 0.3) is 0 Å². The molecule has 0 atom stereocenters. The molecule has 6 aromatic rings. The molecule has 0 amide bonds. The van der Waals surface area contributed by atoms with E-state index in [1.807, 2.05) is 23.1 Å². The quantitative estimate of drug-likeness (QED) is 0.150. The fourth-order valence-corrected chi connectivity index (χ4v) is 9.53. The minimum atomic E-state index is 0.187. The van der Waals surface area contributed by atoms with Gasteiger partial charge in [0.2, 0.25) is 5.69 Å². The third kappa shape index (κ3) is 4.08. The molecule has 2 aromatic heterocycles. The number of pyridine rings is 1. The molecule has 0 radical (unpaired) electrons. The molecule has 1 aliphatic rings. The summed E-state index contributed by atoms with van der Waals surface area (Å²) in [7, 11) is 2.23. The molecule has 0 saturated carbocycles. The van der Waals surface area contributed by atoms with Gasteiger partial charge < -0.3 is 0 Å². The molecule has 0 N–H and O–H groups in total. The van der Waals surface area contributed by atoms with E-state index in [1.165, 1.54) is 79.5 Å². The summed E-state index contributed by atoms with van der Waals surface area (Å²) in [6, 6.07) is 21.0. The minimum Gasteiger partial charge on any atom is -0.200 e. The molecule has 1 aliphatic heterocycles. The van der Waals surface area contributed by atoms with Gasteiger partial charge in [0.1, 0.15) is 7.05 Å². The van der Waals surface area contributed by atoms with Crippen molar-refractivity contribution in [3.8, 4) is 11.3 Å². The summed E-state index contributed by atoms with van der Waals surface area (Å²) in [5, 5.41) is 8.34. The van der Waals surface area contributed by atoms with Crippen molar-refractivity contribution in [2.75, 3.05) is 0 Å². The fraction of sp³-hybridized carbons (Fsp3) is 0.324. The van der Waals surface area contributed by atoms with Gasteiger partial charge in [-0.05, 0) is 70.2 Å². The predicted molar refractivity (Wildman–Crippen MR) is 176 cm³/mol. The van der Waals surface area contributed by atoms with Crippen molar-refractivity contribution >= 4 is 64.8 Å². The number of hydrogen-bond acceptors (Lipinski definition) is 2. The molecule has 7 rings (SSSR count). The van der Waals surface area contributed by atoms with E-state index >= 15 is 0 Å². The van der Waals surface area contributed by atoms with E-state index in [0.29, 0.717) is 0 Å². The molecule has 4 aromatic carbocycles. The number of hydrogen-bond donors (Lipinski definition) is 0. The van der Waals surface area contributed by atoms with E-state index in [1.54, 1.807) is 0 Å². The maximum absolute atomic E-state index is 2.48. The molecule has 202 valence electrons. The van der Waals surface area contributed by atoms with Crippen molar-refractivity contribution in [2.24, 2.45) is 17.9 Å². The van der Waals surface area contributed by atoms with Gasteiger partial charge in [0, 0.05) is 41.4 Å². The lowest BCUT2D eigenvalue weighted by atomic mass is 9.84. The van der Waals surface area contributed by atoms with Gasteiger partial charge in [-0.3, -0.25) is 0 Å². The average molecular weight is 561 g/mol. The van der Waals surface area contributed by atoms with Gasteiger partial charge in [0.05, 0.1) is 10.9 Å². The largest absolute Gasteiger partial charge is 0.222 e. The molecule has 1 nitrogen and oxygen atoms in total. The van der Waals surface area contributed by atoms with Crippen molar-refractivity contribution in [2.45, 2.75) is 71.1 Å². The third-order valence-corrected chi connectivity index (χ3v) is 10.7. The van der Waals surface area contributed by atoms with Crippen LogP contribution in [-0.4, -0.2) is 0 Å². The molecule has 0 saturated heterocycles. The van der Waals surface area contributed by atoms with Gasteiger partial charge in [-0.1, -0.05) is 89.7 Å². The van der Waals surface area contributed by atoms with E-state index in [2.05, 4.69) is 121 Å². The number of benzene rings is 4. The second kappa shape index (κ2) is 8.81. The van der Waals surface area contributed by atoms with Crippen LogP contribution in [0.3, 0.4) is 0 Å². The maximum Gasteiger partial charge on any atom is 0.222 e. The Morgan fingerprint density at radius 2 is 1.52 bits per heavy atom. The lowest BCUT2D eigenvalue weighted by Gasteiger charge is -2.27. The Hall–Kier alpha value is -2.88. The zero-order chi connectivity index (χ0) is 28.1. The number of fused-ring (bicyclic) bond motifs is 7. The number of aryl methyl sites for hydroxylation is 2. The SMILES string of the molecule is Cc1c2c(c(CC(C)(C)C)c3sc4ccccc4c13)Sc1cc3cc(CC(C)(C)C)ccc3c3cc[n+](C)c-2c13. The van der Waals surface area contributed by atoms with Crippen LogP contribution >= 0.6 is 23.1 Å². The van der Waals surface area contributed by atoms with E-state index in [4.69, 9.17) is 0 Å². The normalized spacial score (nSPS) is 13.6. The van der Waals surface area contributed by atoms with Gasteiger partial charge in [-0.15, -0.1) is 11.3 Å². The van der Waals surface area contributed by atoms with Crippen molar-refractivity contribution in [1.29, 1.82) is 0 Å². The molecule has 40 heavy (non-hydrogen) atoms. The Kier molecular flexibility index (Phi) is 5.74. The Labute approximate surface area is 246 Å². The van der Waals surface area contributed by atoms with Gasteiger partial charge in [-0.2, -0.15) is 0 Å². The lowest BCUT2D eigenvalue weighted by molar-refractivity contribution is -0.659. The molecule has 3 heteroatoms. The summed E-state index contributed by atoms with van der Waals surface area (Å²) in [5.74, 6) is 0. The average Bonchev–Trinajstić information content (AvgIpc) is 3.26. The summed E-state index contributed by atoms with van der Waals surface area (Å²) in [5.41, 5.74) is 7.62. The Morgan fingerprint density at radius 1 is 0.775 bits per heavy atom. The number of nitrogens with zero attached hydrogens (tertiary/aromatic N) is 1. The van der Waals surface area contributed by atoms with Crippen LogP contribution in [-0.2, 0) is 19.9 Å². The summed E-state index contributed by atoms with van der Waals surface area (Å²) in [6.07, 6.45) is 4.42. The van der Waals surface area contributed by atoms with Crippen LogP contribution in [0.1, 0.15) is 58.2 Å². The van der Waals surface area contributed by atoms with Gasteiger partial charge in [0.15, 0.2) is 6.20 Å². The first kappa shape index (κ1) is 26.0. The smallest absolute Gasteiger partial charge is 0.200 e. The fourth-order valence-electron chi connectivity index (χ4n) is 6.79. The Balaban J connectivity index is 1.60. The third-order valence-electron chi connectivity index (χ3n) is 8.27. The van der Waals surface area contributed by atoms with E-state index in [9.17, 15) is 0 Å². The highest BCUT2D eigenvalue weighted by Gasteiger charge is 2.34. The molecule has 0 aliphatic carbocycles. The topological polar surface area (TPSA) is 3.88 Å². The summed E-state index contributed by atoms with van der Waals surface area (Å²) in [6.45, 7) is 16.5. The molecule has 0 spiro atoms. The van der Waals surface area contributed by atoms with Crippen LogP contribution in [0.5, 0.6) is 0 Å². The van der Waals surface area contributed by atoms with Crippen LogP contribution in [0.15, 0.2) is 70.6 Å². The van der Waals surface area contributed by atoms with Crippen LogP contribution in [0.25, 0.3) is 53.0 Å². The first-order valence-electron chi connectivity index (χ1n) is 14.4. The van der Waals surface area contributed by atoms with Crippen LogP contribution < -0.4 is 4.57 Å². The molecule has 0 fully saturated rings. The van der Waals surface area contributed by atoms with Crippen molar-refractivity contribution < 1.29 is 4.57 Å². The van der Waals surface area contributed by atoms with E-state index < -0.39 is 0 Å². The second-order valence-electron chi connectivity index (χ2n) is 14.2. The first-order chi connectivity index (χ1) is 18.9. The minimum absolute atomic E-state index is 0.187. The highest BCUT2D eigenvalue weighted by atomic mass is 32.2. The Morgan fingerprint density at radius 3 is 2.27 bits per heavy atom. The highest BCUT2D eigenvalue weighted by molar-refractivity contribution is 8.00. The summed E-state index contributed by atoms with van der Waals surface area (Å²) >= 11 is 4.00. The second-order valence-corrected chi connectivity index (χ2v) is 16.3. The monoisotopic (exact) mass is 560 g/mol. The number of aromatic nitrogens is 1. The zero-order valence-corrected chi connectivity index (χ0v) is 26.6. The van der Waals surface area contributed by atoms with Crippen LogP contribution in [0, 0.1) is 17.8 Å². The standard InChI is InChI=1S/C37H38NS2/c1-21-30-26-11-9-10-12-28(26)39-34(30)27(20-37(5,6)7)35-31(21)33-32-25(15-16-38(33)8)24-14-13-22(19-36(2,3)4)17-23(24)18-29(32)40-35/h9-18H,19-20H2,1-8H3/q+1. The lowest BCUT2D eigenvalue weighted by Crippen LogP contribution is -2.32. The predicted octanol–water partition coefficient (Wildman–Crippen LogP) is 10.8. The van der Waals surface area contributed by atoms with E-state index in [-0.39, 0.29) is 10.8 Å². The van der Waals surface area contributed by atoms with E-state index in [0.717, 1.165) is 12.8 Å². The van der Waals surface area contributed by atoms with Crippen LogP contribution in [0.4, 0.5) is 0 Å². The molecule has 3 heterocycles. The van der Waals surface area contributed by atoms with Gasteiger partial charge >= 0.3 is 0 Å². The maximum atomic E-state index is 2.48. The number of rotatable bonds is 2. The first-order valence-corrected chi connectivity index (χ1v) is 16.1. The molecule has 0 bridgehead atoms. The zero-order valence-electron chi connectivity index (χ0n) is 25.0. The highest BCUT2D eigenvalue weighted by Crippen LogP contribution is 2.55. The van der Waals surface area contributed by atoms with Gasteiger partial charge in [-0.25, -0.2) is 4.57 Å². The Bertz CT molecular complexity index is 2010. The van der Waals surface area contributed by atoms with Crippen molar-refractivity contribution in [3.63, 3.8) is 0 Å². The van der Waals surface area contributed by atoms with Crippen LogP contribution in [0.2, 0.25) is 0 Å².